The van der Waals surface area contributed by atoms with Crippen LogP contribution < -0.4 is 0 Å². The Kier molecular flexibility index (Phi) is 12.0. The summed E-state index contributed by atoms with van der Waals surface area (Å²) in [6.07, 6.45) is 17.0. The van der Waals surface area contributed by atoms with Crippen LogP contribution in [0.4, 0.5) is 0 Å². The predicted octanol–water partition coefficient (Wildman–Crippen LogP) is 7.66. The van der Waals surface area contributed by atoms with Crippen LogP contribution >= 0.6 is 0 Å². The fraction of sp³-hybridized carbons (Fsp3) is 0.607. The van der Waals surface area contributed by atoms with Gasteiger partial charge < -0.3 is 4.74 Å². The molecule has 1 aromatic heterocycles. The standard InChI is InChI=1S/C28H42N2O2/c1-5-7-9-11-13-15-24-20-29-27(30-21-24)26-18-16-25(17-19-26)23(4)28(31)32-22(3)14-12-10-8-6-2/h16-23H,5-15H2,1-4H3/t22?,23-/m1/s1. The lowest BCUT2D eigenvalue weighted by atomic mass is 9.99. The highest BCUT2D eigenvalue weighted by Gasteiger charge is 2.19. The monoisotopic (exact) mass is 438 g/mol. The molecule has 2 aromatic rings. The number of rotatable bonds is 15. The molecule has 0 saturated heterocycles. The van der Waals surface area contributed by atoms with Gasteiger partial charge >= 0.3 is 5.97 Å². The fourth-order valence-electron chi connectivity index (χ4n) is 3.84. The Labute approximate surface area is 195 Å². The molecule has 0 saturated carbocycles. The van der Waals surface area contributed by atoms with Crippen molar-refractivity contribution < 1.29 is 9.53 Å². The molecule has 4 heteroatoms. The van der Waals surface area contributed by atoms with Crippen molar-refractivity contribution in [3.63, 3.8) is 0 Å². The van der Waals surface area contributed by atoms with E-state index in [2.05, 4.69) is 23.8 Å². The number of aromatic nitrogens is 2. The van der Waals surface area contributed by atoms with Crippen molar-refractivity contribution in [3.8, 4) is 11.4 Å². The minimum atomic E-state index is -0.279. The molecule has 0 aliphatic rings. The summed E-state index contributed by atoms with van der Waals surface area (Å²) in [5.41, 5.74) is 3.12. The van der Waals surface area contributed by atoms with E-state index in [9.17, 15) is 4.79 Å². The lowest BCUT2D eigenvalue weighted by molar-refractivity contribution is -0.150. The highest BCUT2D eigenvalue weighted by atomic mass is 16.5. The van der Waals surface area contributed by atoms with Gasteiger partial charge in [-0.3, -0.25) is 4.79 Å². The first kappa shape index (κ1) is 26.0. The lowest BCUT2D eigenvalue weighted by Gasteiger charge is -2.17. The summed E-state index contributed by atoms with van der Waals surface area (Å²) in [6.45, 7) is 8.34. The van der Waals surface area contributed by atoms with Crippen molar-refractivity contribution in [3.05, 3.63) is 47.8 Å². The summed E-state index contributed by atoms with van der Waals surface area (Å²) in [4.78, 5) is 21.6. The highest BCUT2D eigenvalue weighted by Crippen LogP contribution is 2.22. The molecule has 0 fully saturated rings. The van der Waals surface area contributed by atoms with Gasteiger partial charge in [0.25, 0.3) is 0 Å². The van der Waals surface area contributed by atoms with Gasteiger partial charge in [-0.15, -0.1) is 0 Å². The first-order valence-electron chi connectivity index (χ1n) is 12.7. The number of unbranched alkanes of at least 4 members (excludes halogenated alkanes) is 7. The van der Waals surface area contributed by atoms with Gasteiger partial charge in [-0.2, -0.15) is 0 Å². The van der Waals surface area contributed by atoms with E-state index in [4.69, 9.17) is 4.74 Å². The first-order valence-corrected chi connectivity index (χ1v) is 12.7. The normalized spacial score (nSPS) is 13.0. The quantitative estimate of drug-likeness (QED) is 0.211. The molecule has 2 rings (SSSR count). The number of hydrogen-bond donors (Lipinski definition) is 0. The van der Waals surface area contributed by atoms with Gasteiger partial charge in [0.05, 0.1) is 12.0 Å². The fourth-order valence-corrected chi connectivity index (χ4v) is 3.84. The summed E-state index contributed by atoms with van der Waals surface area (Å²) in [5, 5.41) is 0. The molecule has 1 heterocycles. The zero-order chi connectivity index (χ0) is 23.2. The molecule has 2 atom stereocenters. The Morgan fingerprint density at radius 2 is 1.44 bits per heavy atom. The molecule has 1 unspecified atom stereocenters. The average molecular weight is 439 g/mol. The Morgan fingerprint density at radius 1 is 0.844 bits per heavy atom. The number of ether oxygens (including phenoxy) is 1. The van der Waals surface area contributed by atoms with E-state index >= 15 is 0 Å². The molecule has 0 bridgehead atoms. The molecule has 0 aliphatic carbocycles. The van der Waals surface area contributed by atoms with Crippen molar-refractivity contribution in [1.29, 1.82) is 0 Å². The largest absolute Gasteiger partial charge is 0.462 e. The first-order chi connectivity index (χ1) is 15.5. The van der Waals surface area contributed by atoms with Crippen LogP contribution in [0.25, 0.3) is 11.4 Å². The summed E-state index contributed by atoms with van der Waals surface area (Å²) < 4.78 is 5.66. The maximum atomic E-state index is 12.5. The predicted molar refractivity (Wildman–Crippen MR) is 133 cm³/mol. The molecular weight excluding hydrogens is 396 g/mol. The van der Waals surface area contributed by atoms with E-state index in [-0.39, 0.29) is 18.0 Å². The third-order valence-corrected chi connectivity index (χ3v) is 6.08. The highest BCUT2D eigenvalue weighted by molar-refractivity contribution is 5.78. The van der Waals surface area contributed by atoms with Gasteiger partial charge in [0.2, 0.25) is 0 Å². The molecule has 0 amide bonds. The summed E-state index contributed by atoms with van der Waals surface area (Å²) in [6, 6.07) is 7.95. The maximum absolute atomic E-state index is 12.5. The number of benzene rings is 1. The average Bonchev–Trinajstić information content (AvgIpc) is 2.82. The van der Waals surface area contributed by atoms with Crippen LogP contribution in [0, 0.1) is 0 Å². The number of hydrogen-bond acceptors (Lipinski definition) is 4. The second-order valence-electron chi connectivity index (χ2n) is 9.02. The van der Waals surface area contributed by atoms with E-state index in [0.717, 1.165) is 36.2 Å². The number of aryl methyl sites for hydroxylation is 1. The molecule has 176 valence electrons. The number of carbonyl (C=O) groups excluding carboxylic acids is 1. The van der Waals surface area contributed by atoms with Crippen molar-refractivity contribution in [2.24, 2.45) is 0 Å². The summed E-state index contributed by atoms with van der Waals surface area (Å²) in [7, 11) is 0. The Balaban J connectivity index is 1.84. The Hall–Kier alpha value is -2.23. The molecular formula is C28H42N2O2. The SMILES string of the molecule is CCCCCCCc1cnc(-c2ccc([C@@H](C)C(=O)OC(C)CCCCCC)cc2)nc1. The molecule has 4 nitrogen and oxygen atoms in total. The van der Waals surface area contributed by atoms with Crippen molar-refractivity contribution in [2.45, 2.75) is 110 Å². The van der Waals surface area contributed by atoms with Gasteiger partial charge in [0.1, 0.15) is 0 Å². The Morgan fingerprint density at radius 3 is 2.06 bits per heavy atom. The summed E-state index contributed by atoms with van der Waals surface area (Å²) in [5.74, 6) is 0.292. The van der Waals surface area contributed by atoms with Crippen LogP contribution in [0.3, 0.4) is 0 Å². The van der Waals surface area contributed by atoms with Crippen LogP contribution in [0.5, 0.6) is 0 Å². The topological polar surface area (TPSA) is 52.1 Å². The number of esters is 1. The van der Waals surface area contributed by atoms with Crippen LogP contribution in [0.2, 0.25) is 0 Å². The van der Waals surface area contributed by atoms with E-state index < -0.39 is 0 Å². The number of carbonyl (C=O) groups is 1. The van der Waals surface area contributed by atoms with Gasteiger partial charge in [-0.05, 0) is 50.7 Å². The molecule has 0 radical (unpaired) electrons. The van der Waals surface area contributed by atoms with E-state index in [1.54, 1.807) is 0 Å². The van der Waals surface area contributed by atoms with Crippen LogP contribution in [0.1, 0.15) is 109 Å². The Bertz CT molecular complexity index is 771. The van der Waals surface area contributed by atoms with Gasteiger partial charge in [0.15, 0.2) is 5.82 Å². The van der Waals surface area contributed by atoms with E-state index in [1.807, 2.05) is 50.5 Å². The van der Waals surface area contributed by atoms with E-state index in [0.29, 0.717) is 0 Å². The zero-order valence-electron chi connectivity index (χ0n) is 20.6. The van der Waals surface area contributed by atoms with Crippen LogP contribution in [0.15, 0.2) is 36.7 Å². The molecule has 0 aliphatic heterocycles. The lowest BCUT2D eigenvalue weighted by Crippen LogP contribution is -2.19. The van der Waals surface area contributed by atoms with Gasteiger partial charge in [-0.1, -0.05) is 83.1 Å². The smallest absolute Gasteiger partial charge is 0.313 e. The van der Waals surface area contributed by atoms with Gasteiger partial charge in [0, 0.05) is 18.0 Å². The number of nitrogens with zero attached hydrogens (tertiary/aromatic N) is 2. The van der Waals surface area contributed by atoms with Crippen LogP contribution in [-0.2, 0) is 16.0 Å². The van der Waals surface area contributed by atoms with Crippen LogP contribution in [-0.4, -0.2) is 22.0 Å². The van der Waals surface area contributed by atoms with E-state index in [1.165, 1.54) is 56.9 Å². The minimum absolute atomic E-state index is 0.0281. The zero-order valence-corrected chi connectivity index (χ0v) is 20.6. The maximum Gasteiger partial charge on any atom is 0.313 e. The minimum Gasteiger partial charge on any atom is -0.462 e. The third-order valence-electron chi connectivity index (χ3n) is 6.08. The molecule has 1 aromatic carbocycles. The second kappa shape index (κ2) is 14.8. The summed E-state index contributed by atoms with van der Waals surface area (Å²) >= 11 is 0. The second-order valence-corrected chi connectivity index (χ2v) is 9.02. The molecule has 32 heavy (non-hydrogen) atoms. The van der Waals surface area contributed by atoms with Crippen molar-refractivity contribution in [2.75, 3.05) is 0 Å². The van der Waals surface area contributed by atoms with Gasteiger partial charge in [-0.25, -0.2) is 9.97 Å². The van der Waals surface area contributed by atoms with Crippen molar-refractivity contribution >= 4 is 5.97 Å². The molecule has 0 N–H and O–H groups in total. The van der Waals surface area contributed by atoms with Crippen molar-refractivity contribution in [1.82, 2.24) is 9.97 Å². The third kappa shape index (κ3) is 9.10. The molecule has 0 spiro atoms.